The van der Waals surface area contributed by atoms with Crippen molar-refractivity contribution in [1.29, 1.82) is 0 Å². The SMILES string of the molecule is Oc1ccccc1.[Pt+2]. The second-order valence-electron chi connectivity index (χ2n) is 1.34. The summed E-state index contributed by atoms with van der Waals surface area (Å²) in [5.41, 5.74) is 0. The molecule has 0 atom stereocenters. The van der Waals surface area contributed by atoms with Crippen LogP contribution in [-0.2, 0) is 21.1 Å². The minimum Gasteiger partial charge on any atom is -0.508 e. The number of hydrogen-bond acceptors (Lipinski definition) is 1. The average molecular weight is 289 g/mol. The van der Waals surface area contributed by atoms with E-state index >= 15 is 0 Å². The zero-order valence-corrected chi connectivity index (χ0v) is 6.42. The summed E-state index contributed by atoms with van der Waals surface area (Å²) in [5, 5.41) is 8.63. The van der Waals surface area contributed by atoms with E-state index < -0.39 is 0 Å². The summed E-state index contributed by atoms with van der Waals surface area (Å²) in [6.45, 7) is 0. The zero-order chi connectivity index (χ0) is 5.11. The van der Waals surface area contributed by atoms with Crippen LogP contribution < -0.4 is 0 Å². The number of aromatic hydroxyl groups is 1. The first-order valence-electron chi connectivity index (χ1n) is 2.13. The summed E-state index contributed by atoms with van der Waals surface area (Å²) in [4.78, 5) is 0. The molecule has 0 unspecified atom stereocenters. The monoisotopic (exact) mass is 289 g/mol. The van der Waals surface area contributed by atoms with Gasteiger partial charge in [-0.15, -0.1) is 0 Å². The Morgan fingerprint density at radius 2 is 1.50 bits per heavy atom. The second-order valence-corrected chi connectivity index (χ2v) is 1.34. The van der Waals surface area contributed by atoms with Crippen molar-refractivity contribution in [1.82, 2.24) is 0 Å². The van der Waals surface area contributed by atoms with Crippen LogP contribution in [0.1, 0.15) is 0 Å². The molecule has 1 aromatic rings. The standard InChI is InChI=1S/C6H6O.Pt/c7-6-4-2-1-3-5-6;/h1-5,7H;/q;+2. The van der Waals surface area contributed by atoms with Gasteiger partial charge in [0.1, 0.15) is 5.75 Å². The quantitative estimate of drug-likeness (QED) is 0.765. The number of phenols is 1. The van der Waals surface area contributed by atoms with Gasteiger partial charge in [0.25, 0.3) is 0 Å². The molecule has 1 N–H and O–H groups in total. The Morgan fingerprint density at radius 3 is 1.75 bits per heavy atom. The third-order valence-electron chi connectivity index (χ3n) is 0.756. The summed E-state index contributed by atoms with van der Waals surface area (Å²) in [6, 6.07) is 8.71. The Labute approximate surface area is 62.6 Å². The van der Waals surface area contributed by atoms with Crippen LogP contribution in [0.4, 0.5) is 0 Å². The van der Waals surface area contributed by atoms with Crippen molar-refractivity contribution in [2.24, 2.45) is 0 Å². The predicted octanol–water partition coefficient (Wildman–Crippen LogP) is 1.39. The normalized spacial score (nSPS) is 7.50. The van der Waals surface area contributed by atoms with Gasteiger partial charge in [0.05, 0.1) is 0 Å². The molecule has 0 aliphatic heterocycles. The molecule has 0 aliphatic carbocycles. The van der Waals surface area contributed by atoms with Crippen molar-refractivity contribution in [3.8, 4) is 5.75 Å². The third kappa shape index (κ3) is 2.13. The van der Waals surface area contributed by atoms with Gasteiger partial charge in [-0.05, 0) is 12.1 Å². The number of benzene rings is 1. The first-order valence-corrected chi connectivity index (χ1v) is 2.13. The molecule has 44 valence electrons. The van der Waals surface area contributed by atoms with Crippen LogP contribution >= 0.6 is 0 Å². The van der Waals surface area contributed by atoms with Crippen LogP contribution in [0.5, 0.6) is 5.75 Å². The van der Waals surface area contributed by atoms with Gasteiger partial charge in [0, 0.05) is 0 Å². The predicted molar refractivity (Wildman–Crippen MR) is 28.1 cm³/mol. The first kappa shape index (κ1) is 7.71. The zero-order valence-electron chi connectivity index (χ0n) is 4.15. The van der Waals surface area contributed by atoms with E-state index in [4.69, 9.17) is 5.11 Å². The van der Waals surface area contributed by atoms with E-state index in [1.54, 1.807) is 24.3 Å². The molecule has 8 heavy (non-hydrogen) atoms. The molecule has 0 saturated carbocycles. The van der Waals surface area contributed by atoms with Crippen molar-refractivity contribution in [2.75, 3.05) is 0 Å². The van der Waals surface area contributed by atoms with E-state index in [0.29, 0.717) is 5.75 Å². The van der Waals surface area contributed by atoms with Crippen LogP contribution in [0.25, 0.3) is 0 Å². The van der Waals surface area contributed by atoms with Gasteiger partial charge in [0.15, 0.2) is 0 Å². The largest absolute Gasteiger partial charge is 2.00 e. The van der Waals surface area contributed by atoms with Crippen LogP contribution in [0.3, 0.4) is 0 Å². The fourth-order valence-corrected chi connectivity index (χ4v) is 0.428. The molecule has 0 radical (unpaired) electrons. The smallest absolute Gasteiger partial charge is 0.508 e. The molecule has 0 saturated heterocycles. The van der Waals surface area contributed by atoms with E-state index in [2.05, 4.69) is 0 Å². The van der Waals surface area contributed by atoms with Crippen LogP contribution in [0.2, 0.25) is 0 Å². The summed E-state index contributed by atoms with van der Waals surface area (Å²) in [5.74, 6) is 0.322. The Kier molecular flexibility index (Phi) is 3.54. The Hall–Kier alpha value is -0.292. The first-order chi connectivity index (χ1) is 3.39. The fraction of sp³-hybridized carbons (Fsp3) is 0. The van der Waals surface area contributed by atoms with Gasteiger partial charge in [-0.3, -0.25) is 0 Å². The van der Waals surface area contributed by atoms with Crippen molar-refractivity contribution in [3.63, 3.8) is 0 Å². The maximum atomic E-state index is 8.63. The van der Waals surface area contributed by atoms with Crippen LogP contribution in [0.15, 0.2) is 30.3 Å². The molecule has 0 fully saturated rings. The van der Waals surface area contributed by atoms with Gasteiger partial charge in [-0.1, -0.05) is 18.2 Å². The van der Waals surface area contributed by atoms with Gasteiger partial charge in [-0.2, -0.15) is 0 Å². The molecule has 0 amide bonds. The average Bonchev–Trinajstić information content (AvgIpc) is 1.69. The van der Waals surface area contributed by atoms with E-state index in [-0.39, 0.29) is 21.1 Å². The molecule has 2 heteroatoms. The van der Waals surface area contributed by atoms with Gasteiger partial charge in [-0.25, -0.2) is 0 Å². The molecule has 0 spiro atoms. The summed E-state index contributed by atoms with van der Waals surface area (Å²) < 4.78 is 0. The molecule has 0 aromatic heterocycles. The maximum Gasteiger partial charge on any atom is 2.00 e. The Morgan fingerprint density at radius 1 is 1.00 bits per heavy atom. The minimum atomic E-state index is 0. The van der Waals surface area contributed by atoms with Gasteiger partial charge in [0.2, 0.25) is 0 Å². The van der Waals surface area contributed by atoms with E-state index in [0.717, 1.165) is 0 Å². The Balaban J connectivity index is 0.000000490. The molecule has 0 aliphatic rings. The molecule has 1 nitrogen and oxygen atoms in total. The number of para-hydroxylation sites is 1. The molecule has 1 rings (SSSR count). The Bertz CT molecular complexity index is 138. The summed E-state index contributed by atoms with van der Waals surface area (Å²) >= 11 is 0. The van der Waals surface area contributed by atoms with Crippen LogP contribution in [0, 0.1) is 0 Å². The third-order valence-corrected chi connectivity index (χ3v) is 0.756. The molecule has 0 bridgehead atoms. The second kappa shape index (κ2) is 3.68. The van der Waals surface area contributed by atoms with Crippen molar-refractivity contribution in [2.45, 2.75) is 0 Å². The van der Waals surface area contributed by atoms with E-state index in [1.165, 1.54) is 0 Å². The minimum absolute atomic E-state index is 0. The number of hydrogen-bond donors (Lipinski definition) is 1. The number of rotatable bonds is 0. The van der Waals surface area contributed by atoms with Crippen LogP contribution in [-0.4, -0.2) is 5.11 Å². The number of phenolic OH excluding ortho intramolecular Hbond substituents is 1. The summed E-state index contributed by atoms with van der Waals surface area (Å²) in [7, 11) is 0. The molecule has 0 heterocycles. The fourth-order valence-electron chi connectivity index (χ4n) is 0.428. The summed E-state index contributed by atoms with van der Waals surface area (Å²) in [6.07, 6.45) is 0. The van der Waals surface area contributed by atoms with Crippen molar-refractivity contribution < 1.29 is 26.2 Å². The van der Waals surface area contributed by atoms with E-state index in [1.807, 2.05) is 6.07 Å². The maximum absolute atomic E-state index is 8.63. The molecular formula is C6H6OPt+2. The van der Waals surface area contributed by atoms with Gasteiger partial charge >= 0.3 is 21.1 Å². The molecular weight excluding hydrogens is 283 g/mol. The topological polar surface area (TPSA) is 20.2 Å². The van der Waals surface area contributed by atoms with E-state index in [9.17, 15) is 0 Å². The van der Waals surface area contributed by atoms with Gasteiger partial charge < -0.3 is 5.11 Å². The van der Waals surface area contributed by atoms with Crippen molar-refractivity contribution in [3.05, 3.63) is 30.3 Å². The molecule has 1 aromatic carbocycles. The van der Waals surface area contributed by atoms with Crippen molar-refractivity contribution >= 4 is 0 Å².